The summed E-state index contributed by atoms with van der Waals surface area (Å²) in [7, 11) is 0. The summed E-state index contributed by atoms with van der Waals surface area (Å²) in [5, 5.41) is 2.88. The van der Waals surface area contributed by atoms with E-state index in [0.717, 1.165) is 10.0 Å². The van der Waals surface area contributed by atoms with E-state index in [1.54, 1.807) is 0 Å². The van der Waals surface area contributed by atoms with Gasteiger partial charge in [0.05, 0.1) is 11.4 Å². The minimum absolute atomic E-state index is 0.00389. The van der Waals surface area contributed by atoms with Crippen molar-refractivity contribution in [3.05, 3.63) is 22.2 Å². The molecule has 0 spiro atoms. The summed E-state index contributed by atoms with van der Waals surface area (Å²) in [5.74, 6) is 0.280. The fraction of sp³-hybridized carbons (Fsp3) is 0.462. The topological polar surface area (TPSA) is 55.1 Å². The first kappa shape index (κ1) is 14.0. The van der Waals surface area contributed by atoms with E-state index in [0.29, 0.717) is 17.3 Å². The molecule has 0 saturated carbocycles. The van der Waals surface area contributed by atoms with Crippen LogP contribution in [0.15, 0.2) is 16.6 Å². The predicted octanol–water partition coefficient (Wildman–Crippen LogP) is 3.57. The van der Waals surface area contributed by atoms with Crippen molar-refractivity contribution >= 4 is 33.2 Å². The van der Waals surface area contributed by atoms with Gasteiger partial charge >= 0.3 is 0 Å². The molecular weight excluding hydrogens is 280 g/mol. The maximum atomic E-state index is 11.9. The van der Waals surface area contributed by atoms with E-state index in [2.05, 4.69) is 21.2 Å². The molecule has 0 aliphatic rings. The Hall–Kier alpha value is -1.03. The summed E-state index contributed by atoms with van der Waals surface area (Å²) in [5.41, 5.74) is 8.19. The van der Waals surface area contributed by atoms with Gasteiger partial charge in [-0.05, 0) is 30.5 Å². The van der Waals surface area contributed by atoms with E-state index in [9.17, 15) is 4.79 Å². The fourth-order valence-electron chi connectivity index (χ4n) is 1.41. The molecule has 0 aromatic heterocycles. The van der Waals surface area contributed by atoms with Crippen LogP contribution in [0.5, 0.6) is 0 Å². The fourth-order valence-corrected chi connectivity index (χ4v) is 1.98. The first-order valence-electron chi connectivity index (χ1n) is 5.69. The maximum absolute atomic E-state index is 11.9. The Morgan fingerprint density at radius 3 is 2.47 bits per heavy atom. The Morgan fingerprint density at radius 1 is 1.35 bits per heavy atom. The number of amides is 1. The van der Waals surface area contributed by atoms with Gasteiger partial charge in [-0.2, -0.15) is 0 Å². The lowest BCUT2D eigenvalue weighted by Gasteiger charge is -2.17. The smallest absolute Gasteiger partial charge is 0.227 e. The SMILES string of the molecule is Cc1cc(Br)cc(NC(=O)C(C)C(C)C)c1N. The number of carbonyl (C=O) groups is 1. The van der Waals surface area contributed by atoms with E-state index in [4.69, 9.17) is 5.73 Å². The van der Waals surface area contributed by atoms with Gasteiger partial charge in [0.15, 0.2) is 0 Å². The van der Waals surface area contributed by atoms with Crippen LogP contribution in [0.1, 0.15) is 26.3 Å². The number of aryl methyl sites for hydroxylation is 1. The highest BCUT2D eigenvalue weighted by Gasteiger charge is 2.17. The van der Waals surface area contributed by atoms with Gasteiger partial charge in [-0.1, -0.05) is 36.7 Å². The Balaban J connectivity index is 2.92. The van der Waals surface area contributed by atoms with Gasteiger partial charge in [0, 0.05) is 10.4 Å². The van der Waals surface area contributed by atoms with E-state index in [1.165, 1.54) is 0 Å². The van der Waals surface area contributed by atoms with E-state index >= 15 is 0 Å². The van der Waals surface area contributed by atoms with Crippen LogP contribution >= 0.6 is 15.9 Å². The van der Waals surface area contributed by atoms with Crippen LogP contribution in [0, 0.1) is 18.8 Å². The molecule has 0 saturated heterocycles. The zero-order valence-electron chi connectivity index (χ0n) is 10.7. The van der Waals surface area contributed by atoms with Crippen molar-refractivity contribution in [2.45, 2.75) is 27.7 Å². The number of halogens is 1. The third-order valence-corrected chi connectivity index (χ3v) is 3.48. The highest BCUT2D eigenvalue weighted by Crippen LogP contribution is 2.28. The van der Waals surface area contributed by atoms with E-state index in [1.807, 2.05) is 39.8 Å². The molecule has 0 bridgehead atoms. The molecule has 1 amide bonds. The molecule has 0 aliphatic heterocycles. The molecule has 4 heteroatoms. The van der Waals surface area contributed by atoms with Crippen LogP contribution < -0.4 is 11.1 Å². The number of anilines is 2. The number of carbonyl (C=O) groups excluding carboxylic acids is 1. The minimum atomic E-state index is -0.0336. The zero-order valence-corrected chi connectivity index (χ0v) is 12.3. The van der Waals surface area contributed by atoms with Crippen molar-refractivity contribution < 1.29 is 4.79 Å². The summed E-state index contributed by atoms with van der Waals surface area (Å²) < 4.78 is 0.914. The molecule has 0 fully saturated rings. The minimum Gasteiger partial charge on any atom is -0.397 e. The van der Waals surface area contributed by atoms with Gasteiger partial charge in [0.25, 0.3) is 0 Å². The summed E-state index contributed by atoms with van der Waals surface area (Å²) in [4.78, 5) is 11.9. The molecule has 1 aromatic carbocycles. The van der Waals surface area contributed by atoms with Crippen LogP contribution in [-0.2, 0) is 4.79 Å². The molecule has 94 valence electrons. The van der Waals surface area contributed by atoms with Crippen LogP contribution in [0.4, 0.5) is 11.4 Å². The number of benzene rings is 1. The molecule has 1 unspecified atom stereocenters. The van der Waals surface area contributed by atoms with Gasteiger partial charge in [0.1, 0.15) is 0 Å². The highest BCUT2D eigenvalue weighted by molar-refractivity contribution is 9.10. The Bertz CT molecular complexity index is 430. The van der Waals surface area contributed by atoms with Crippen LogP contribution in [0.3, 0.4) is 0 Å². The zero-order chi connectivity index (χ0) is 13.2. The average Bonchev–Trinajstić information content (AvgIpc) is 2.23. The van der Waals surface area contributed by atoms with Crippen molar-refractivity contribution in [1.29, 1.82) is 0 Å². The van der Waals surface area contributed by atoms with Crippen molar-refractivity contribution in [2.24, 2.45) is 11.8 Å². The summed E-state index contributed by atoms with van der Waals surface area (Å²) >= 11 is 3.40. The lowest BCUT2D eigenvalue weighted by atomic mass is 9.97. The molecule has 0 heterocycles. The number of nitrogen functional groups attached to an aromatic ring is 1. The molecule has 1 aromatic rings. The molecule has 3 N–H and O–H groups in total. The van der Waals surface area contributed by atoms with E-state index < -0.39 is 0 Å². The Morgan fingerprint density at radius 2 is 1.94 bits per heavy atom. The number of rotatable bonds is 3. The second kappa shape index (κ2) is 5.54. The van der Waals surface area contributed by atoms with Gasteiger partial charge in [0.2, 0.25) is 5.91 Å². The van der Waals surface area contributed by atoms with Crippen molar-refractivity contribution in [2.75, 3.05) is 11.1 Å². The monoisotopic (exact) mass is 298 g/mol. The second-order valence-electron chi connectivity index (χ2n) is 4.71. The van der Waals surface area contributed by atoms with Crippen LogP contribution in [-0.4, -0.2) is 5.91 Å². The highest BCUT2D eigenvalue weighted by atomic mass is 79.9. The Labute approximate surface area is 111 Å². The lowest BCUT2D eigenvalue weighted by molar-refractivity contribution is -0.120. The van der Waals surface area contributed by atoms with Gasteiger partial charge < -0.3 is 11.1 Å². The van der Waals surface area contributed by atoms with Gasteiger partial charge in [-0.3, -0.25) is 4.79 Å². The summed E-state index contributed by atoms with van der Waals surface area (Å²) in [6.07, 6.45) is 0. The van der Waals surface area contributed by atoms with Crippen molar-refractivity contribution in [3.8, 4) is 0 Å². The Kier molecular flexibility index (Phi) is 4.57. The summed E-state index contributed by atoms with van der Waals surface area (Å²) in [6, 6.07) is 3.75. The number of hydrogen-bond acceptors (Lipinski definition) is 2. The van der Waals surface area contributed by atoms with Crippen molar-refractivity contribution in [1.82, 2.24) is 0 Å². The van der Waals surface area contributed by atoms with Crippen LogP contribution in [0.25, 0.3) is 0 Å². The molecule has 1 rings (SSSR count). The van der Waals surface area contributed by atoms with Crippen molar-refractivity contribution in [3.63, 3.8) is 0 Å². The predicted molar refractivity (Wildman–Crippen MR) is 75.9 cm³/mol. The van der Waals surface area contributed by atoms with Gasteiger partial charge in [-0.25, -0.2) is 0 Å². The standard InChI is InChI=1S/C13H19BrN2O/c1-7(2)9(4)13(17)16-11-6-10(14)5-8(3)12(11)15/h5-7,9H,15H2,1-4H3,(H,16,17). The average molecular weight is 299 g/mol. The maximum Gasteiger partial charge on any atom is 0.227 e. The second-order valence-corrected chi connectivity index (χ2v) is 5.62. The number of hydrogen-bond donors (Lipinski definition) is 2. The van der Waals surface area contributed by atoms with Gasteiger partial charge in [-0.15, -0.1) is 0 Å². The molecule has 1 atom stereocenters. The largest absolute Gasteiger partial charge is 0.397 e. The molecule has 0 aliphatic carbocycles. The third-order valence-electron chi connectivity index (χ3n) is 3.02. The molecular formula is C13H19BrN2O. The number of nitrogens with one attached hydrogen (secondary N) is 1. The lowest BCUT2D eigenvalue weighted by Crippen LogP contribution is -2.24. The molecule has 0 radical (unpaired) electrons. The first-order chi connectivity index (χ1) is 7.82. The van der Waals surface area contributed by atoms with Crippen LogP contribution in [0.2, 0.25) is 0 Å². The number of nitrogens with two attached hydrogens (primary N) is 1. The molecule has 17 heavy (non-hydrogen) atoms. The molecule has 3 nitrogen and oxygen atoms in total. The normalized spacial score (nSPS) is 12.6. The van der Waals surface area contributed by atoms with E-state index in [-0.39, 0.29) is 11.8 Å². The first-order valence-corrected chi connectivity index (χ1v) is 6.48. The summed E-state index contributed by atoms with van der Waals surface area (Å²) in [6.45, 7) is 7.89. The third kappa shape index (κ3) is 3.46. The quantitative estimate of drug-likeness (QED) is 0.838.